The maximum absolute atomic E-state index is 9.40. The zero-order chi connectivity index (χ0) is 18.0. The molecule has 7 nitrogen and oxygen atoms in total. The van der Waals surface area contributed by atoms with E-state index in [0.29, 0.717) is 11.6 Å². The first-order chi connectivity index (χ1) is 11.9. The van der Waals surface area contributed by atoms with Crippen LogP contribution in [0.1, 0.15) is 18.2 Å². The van der Waals surface area contributed by atoms with Crippen LogP contribution in [0.2, 0.25) is 0 Å². The van der Waals surface area contributed by atoms with E-state index in [4.69, 9.17) is 5.73 Å². The third-order valence-electron chi connectivity index (χ3n) is 4.20. The fraction of sp³-hybridized carbons (Fsp3) is 0.278. The van der Waals surface area contributed by atoms with Crippen molar-refractivity contribution in [1.29, 1.82) is 0 Å². The van der Waals surface area contributed by atoms with Gasteiger partial charge in [-0.2, -0.15) is 9.78 Å². The summed E-state index contributed by atoms with van der Waals surface area (Å²) in [7, 11) is 1.99. The molecule has 25 heavy (non-hydrogen) atoms. The molecule has 1 aromatic carbocycles. The van der Waals surface area contributed by atoms with Gasteiger partial charge in [0.25, 0.3) is 0 Å². The molecular weight excluding hydrogens is 316 g/mol. The summed E-state index contributed by atoms with van der Waals surface area (Å²) in [4.78, 5) is 10.7. The van der Waals surface area contributed by atoms with Crippen LogP contribution in [-0.4, -0.2) is 37.9 Å². The number of aromatic nitrogens is 4. The molecule has 2 aromatic heterocycles. The molecule has 0 unspecified atom stereocenters. The van der Waals surface area contributed by atoms with Crippen LogP contribution in [0.4, 0.5) is 11.6 Å². The average molecular weight is 338 g/mol. The Labute approximate surface area is 146 Å². The molecule has 3 aromatic rings. The Morgan fingerprint density at radius 1 is 1.20 bits per heavy atom. The first-order valence-electron chi connectivity index (χ1n) is 8.09. The number of aromatic hydroxyl groups is 1. The third-order valence-corrected chi connectivity index (χ3v) is 4.20. The third kappa shape index (κ3) is 3.71. The molecule has 3 N–H and O–H groups in total. The van der Waals surface area contributed by atoms with Crippen LogP contribution in [0.5, 0.6) is 5.75 Å². The molecule has 0 saturated heterocycles. The van der Waals surface area contributed by atoms with Crippen molar-refractivity contribution >= 4 is 11.6 Å². The Bertz CT molecular complexity index is 858. The molecule has 0 radical (unpaired) electrons. The van der Waals surface area contributed by atoms with Crippen molar-refractivity contribution in [2.75, 3.05) is 17.7 Å². The highest BCUT2D eigenvalue weighted by Crippen LogP contribution is 2.19. The second-order valence-electron chi connectivity index (χ2n) is 6.19. The van der Waals surface area contributed by atoms with Crippen LogP contribution < -0.4 is 10.6 Å². The molecule has 0 aliphatic heterocycles. The summed E-state index contributed by atoms with van der Waals surface area (Å²) in [5, 5.41) is 13.8. The first-order valence-corrected chi connectivity index (χ1v) is 8.09. The van der Waals surface area contributed by atoms with Crippen LogP contribution in [0.3, 0.4) is 0 Å². The summed E-state index contributed by atoms with van der Waals surface area (Å²) in [6.07, 6.45) is 2.35. The summed E-state index contributed by atoms with van der Waals surface area (Å²) in [6, 6.07) is 11.1. The molecule has 130 valence electrons. The van der Waals surface area contributed by atoms with E-state index >= 15 is 0 Å². The zero-order valence-electron chi connectivity index (χ0n) is 14.6. The van der Waals surface area contributed by atoms with Crippen LogP contribution in [0.25, 0.3) is 5.82 Å². The van der Waals surface area contributed by atoms with E-state index in [9.17, 15) is 5.11 Å². The van der Waals surface area contributed by atoms with Gasteiger partial charge in [0.2, 0.25) is 0 Å². The molecule has 0 fully saturated rings. The van der Waals surface area contributed by atoms with Crippen molar-refractivity contribution in [3.05, 3.63) is 54.0 Å². The van der Waals surface area contributed by atoms with Gasteiger partial charge in [-0.05, 0) is 38.0 Å². The Morgan fingerprint density at radius 2 is 1.92 bits per heavy atom. The van der Waals surface area contributed by atoms with Gasteiger partial charge in [-0.25, -0.2) is 9.97 Å². The number of hydrogen-bond donors (Lipinski definition) is 2. The summed E-state index contributed by atoms with van der Waals surface area (Å²) in [5.74, 6) is 2.25. The van der Waals surface area contributed by atoms with E-state index in [2.05, 4.69) is 26.9 Å². The normalized spacial score (nSPS) is 12.1. The van der Waals surface area contributed by atoms with E-state index in [1.807, 2.05) is 32.2 Å². The van der Waals surface area contributed by atoms with Gasteiger partial charge in [0.1, 0.15) is 23.7 Å². The van der Waals surface area contributed by atoms with E-state index in [0.717, 1.165) is 23.5 Å². The number of aryl methyl sites for hydroxylation is 1. The predicted molar refractivity (Wildman–Crippen MR) is 98.0 cm³/mol. The van der Waals surface area contributed by atoms with Crippen molar-refractivity contribution in [3.8, 4) is 11.6 Å². The van der Waals surface area contributed by atoms with Gasteiger partial charge >= 0.3 is 0 Å². The standard InChI is InChI=1S/C18H22N6O/c1-12-8-16(19)24(22-12)18-10-17(20-11-21-18)23(3)13(2)9-14-4-6-15(25)7-5-14/h4-8,10-11,13,25H,9,19H2,1-3H3/t13-/m1/s1. The summed E-state index contributed by atoms with van der Waals surface area (Å²) in [5.41, 5.74) is 7.97. The monoisotopic (exact) mass is 338 g/mol. The lowest BCUT2D eigenvalue weighted by Gasteiger charge is -2.26. The summed E-state index contributed by atoms with van der Waals surface area (Å²) >= 11 is 0. The number of likely N-dealkylation sites (N-methyl/N-ethyl adjacent to an activating group) is 1. The van der Waals surface area contributed by atoms with Gasteiger partial charge < -0.3 is 15.7 Å². The minimum absolute atomic E-state index is 0.212. The topological polar surface area (TPSA) is 93.1 Å². The number of phenolic OH excluding ortho intramolecular Hbond substituents is 1. The highest BCUT2D eigenvalue weighted by Gasteiger charge is 2.14. The van der Waals surface area contributed by atoms with Gasteiger partial charge in [-0.3, -0.25) is 0 Å². The van der Waals surface area contributed by atoms with Crippen LogP contribution in [0.15, 0.2) is 42.7 Å². The van der Waals surface area contributed by atoms with Gasteiger partial charge in [0.15, 0.2) is 5.82 Å². The highest BCUT2D eigenvalue weighted by molar-refractivity contribution is 5.47. The van der Waals surface area contributed by atoms with E-state index in [-0.39, 0.29) is 11.8 Å². The van der Waals surface area contributed by atoms with E-state index in [1.165, 1.54) is 6.33 Å². The van der Waals surface area contributed by atoms with Crippen molar-refractivity contribution in [3.63, 3.8) is 0 Å². The van der Waals surface area contributed by atoms with Gasteiger partial charge in [-0.15, -0.1) is 0 Å². The lowest BCUT2D eigenvalue weighted by molar-refractivity contribution is 0.475. The number of nitrogens with two attached hydrogens (primary N) is 1. The summed E-state index contributed by atoms with van der Waals surface area (Å²) < 4.78 is 1.61. The van der Waals surface area contributed by atoms with Crippen molar-refractivity contribution < 1.29 is 5.11 Å². The second-order valence-corrected chi connectivity index (χ2v) is 6.19. The SMILES string of the molecule is Cc1cc(N)n(-c2cc(N(C)[C@H](C)Cc3ccc(O)cc3)ncn2)n1. The second kappa shape index (κ2) is 6.80. The van der Waals surface area contributed by atoms with Gasteiger partial charge in [-0.1, -0.05) is 12.1 Å². The molecule has 0 amide bonds. The molecule has 0 bridgehead atoms. The predicted octanol–water partition coefficient (Wildman–Crippen LogP) is 2.33. The Hall–Kier alpha value is -3.09. The molecule has 0 spiro atoms. The molecule has 7 heteroatoms. The Morgan fingerprint density at radius 3 is 2.56 bits per heavy atom. The number of benzene rings is 1. The lowest BCUT2D eigenvalue weighted by atomic mass is 10.1. The zero-order valence-corrected chi connectivity index (χ0v) is 14.6. The van der Waals surface area contributed by atoms with Crippen molar-refractivity contribution in [2.45, 2.75) is 26.3 Å². The number of anilines is 2. The maximum atomic E-state index is 9.40. The van der Waals surface area contributed by atoms with E-state index in [1.54, 1.807) is 22.9 Å². The van der Waals surface area contributed by atoms with Gasteiger partial charge in [0.05, 0.1) is 5.69 Å². The fourth-order valence-electron chi connectivity index (χ4n) is 2.68. The van der Waals surface area contributed by atoms with E-state index < -0.39 is 0 Å². The van der Waals surface area contributed by atoms with Crippen molar-refractivity contribution in [1.82, 2.24) is 19.7 Å². The number of nitrogens with zero attached hydrogens (tertiary/aromatic N) is 5. The number of nitrogen functional groups attached to an aromatic ring is 1. The minimum atomic E-state index is 0.212. The minimum Gasteiger partial charge on any atom is -0.508 e. The smallest absolute Gasteiger partial charge is 0.161 e. The summed E-state index contributed by atoms with van der Waals surface area (Å²) in [6.45, 7) is 4.02. The Kier molecular flexibility index (Phi) is 4.56. The fourth-order valence-corrected chi connectivity index (χ4v) is 2.68. The van der Waals surface area contributed by atoms with Crippen LogP contribution in [0, 0.1) is 6.92 Å². The maximum Gasteiger partial charge on any atom is 0.161 e. The number of phenols is 1. The Balaban J connectivity index is 1.79. The number of rotatable bonds is 5. The largest absolute Gasteiger partial charge is 0.508 e. The molecule has 0 saturated carbocycles. The molecule has 1 atom stereocenters. The van der Waals surface area contributed by atoms with Crippen LogP contribution >= 0.6 is 0 Å². The highest BCUT2D eigenvalue weighted by atomic mass is 16.3. The lowest BCUT2D eigenvalue weighted by Crippen LogP contribution is -2.31. The molecule has 3 rings (SSSR count). The molecule has 0 aliphatic rings. The molecular formula is C18H22N6O. The quantitative estimate of drug-likeness (QED) is 0.741. The first kappa shape index (κ1) is 16.8. The number of hydrogen-bond acceptors (Lipinski definition) is 6. The van der Waals surface area contributed by atoms with Crippen LogP contribution in [-0.2, 0) is 6.42 Å². The average Bonchev–Trinajstić information content (AvgIpc) is 2.94. The molecule has 2 heterocycles. The molecule has 0 aliphatic carbocycles. The van der Waals surface area contributed by atoms with Gasteiger partial charge in [0, 0.05) is 25.2 Å². The van der Waals surface area contributed by atoms with Crippen molar-refractivity contribution in [2.24, 2.45) is 0 Å².